The van der Waals surface area contributed by atoms with Crippen LogP contribution < -0.4 is 10.6 Å². The summed E-state index contributed by atoms with van der Waals surface area (Å²) in [5.74, 6) is 2.94. The number of hydrogen-bond donors (Lipinski definition) is 3. The molecule has 3 N–H and O–H groups in total. The molecule has 21 heavy (non-hydrogen) atoms. The molecule has 1 heterocycles. The number of rotatable bonds is 6. The molecular weight excluding hydrogens is 264 g/mol. The molecule has 0 spiro atoms. The van der Waals surface area contributed by atoms with Crippen molar-refractivity contribution >= 4 is 11.8 Å². The van der Waals surface area contributed by atoms with Crippen LogP contribution in [-0.2, 0) is 0 Å². The first kappa shape index (κ1) is 14.6. The van der Waals surface area contributed by atoms with Gasteiger partial charge in [-0.3, -0.25) is 0 Å². The lowest BCUT2D eigenvalue weighted by Crippen LogP contribution is -2.19. The van der Waals surface area contributed by atoms with Gasteiger partial charge in [-0.15, -0.1) is 0 Å². The molecule has 5 heteroatoms. The van der Waals surface area contributed by atoms with E-state index in [9.17, 15) is 5.11 Å². The van der Waals surface area contributed by atoms with Gasteiger partial charge in [0.25, 0.3) is 0 Å². The van der Waals surface area contributed by atoms with Crippen molar-refractivity contribution in [3.8, 4) is 0 Å². The van der Waals surface area contributed by atoms with Crippen LogP contribution in [0.3, 0.4) is 0 Å². The van der Waals surface area contributed by atoms with Gasteiger partial charge in [0.1, 0.15) is 5.82 Å². The fourth-order valence-electron chi connectivity index (χ4n) is 2.97. The van der Waals surface area contributed by atoms with Crippen molar-refractivity contribution in [2.24, 2.45) is 11.8 Å². The first-order valence-electron chi connectivity index (χ1n) is 8.12. The Morgan fingerprint density at radius 1 is 1.10 bits per heavy atom. The van der Waals surface area contributed by atoms with Crippen LogP contribution in [0.15, 0.2) is 0 Å². The number of hydrogen-bond acceptors (Lipinski definition) is 5. The van der Waals surface area contributed by atoms with Crippen molar-refractivity contribution in [1.29, 1.82) is 0 Å². The summed E-state index contributed by atoms with van der Waals surface area (Å²) in [6, 6.07) is 0.423. The average Bonchev–Trinajstić information content (AvgIpc) is 3.20. The molecule has 2 aliphatic carbocycles. The van der Waals surface area contributed by atoms with Crippen LogP contribution in [0.1, 0.15) is 43.4 Å². The molecule has 2 unspecified atom stereocenters. The number of anilines is 2. The minimum atomic E-state index is 0.300. The largest absolute Gasteiger partial charge is 0.396 e. The highest BCUT2D eigenvalue weighted by Gasteiger charge is 2.25. The van der Waals surface area contributed by atoms with E-state index < -0.39 is 0 Å². The molecule has 2 aliphatic rings. The molecule has 3 rings (SSSR count). The zero-order chi connectivity index (χ0) is 14.8. The Balaban J connectivity index is 1.67. The molecule has 0 bridgehead atoms. The lowest BCUT2D eigenvalue weighted by Gasteiger charge is -2.17. The van der Waals surface area contributed by atoms with Crippen molar-refractivity contribution < 1.29 is 5.11 Å². The molecule has 2 fully saturated rings. The highest BCUT2D eigenvalue weighted by molar-refractivity contribution is 5.50. The maximum Gasteiger partial charge on any atom is 0.224 e. The van der Waals surface area contributed by atoms with Crippen LogP contribution in [0.5, 0.6) is 0 Å². The Hall–Kier alpha value is -1.36. The van der Waals surface area contributed by atoms with Gasteiger partial charge in [-0.1, -0.05) is 0 Å². The van der Waals surface area contributed by atoms with Crippen molar-refractivity contribution in [1.82, 2.24) is 9.97 Å². The zero-order valence-electron chi connectivity index (χ0n) is 13.0. The third kappa shape index (κ3) is 3.64. The van der Waals surface area contributed by atoms with Crippen molar-refractivity contribution in [2.75, 3.05) is 23.8 Å². The third-order valence-electron chi connectivity index (χ3n) is 4.78. The second-order valence-corrected chi connectivity index (χ2v) is 6.63. The second kappa shape index (κ2) is 6.18. The molecule has 5 nitrogen and oxygen atoms in total. The molecule has 0 aromatic carbocycles. The maximum atomic E-state index is 9.26. The summed E-state index contributed by atoms with van der Waals surface area (Å²) in [5.41, 5.74) is 2.15. The smallest absolute Gasteiger partial charge is 0.224 e. The highest BCUT2D eigenvalue weighted by atomic mass is 16.3. The van der Waals surface area contributed by atoms with Gasteiger partial charge in [-0.2, -0.15) is 4.98 Å². The third-order valence-corrected chi connectivity index (χ3v) is 4.78. The van der Waals surface area contributed by atoms with Crippen molar-refractivity contribution in [3.05, 3.63) is 11.3 Å². The van der Waals surface area contributed by atoms with Gasteiger partial charge < -0.3 is 15.7 Å². The van der Waals surface area contributed by atoms with Crippen molar-refractivity contribution in [2.45, 2.75) is 52.0 Å². The molecule has 116 valence electrons. The molecule has 0 saturated heterocycles. The summed E-state index contributed by atoms with van der Waals surface area (Å²) in [5, 5.41) is 16.2. The number of nitrogens with one attached hydrogen (secondary N) is 2. The maximum absolute atomic E-state index is 9.26. The molecule has 1 aromatic rings. The standard InChI is InChI=1S/C16H26N4O/c1-10-11(2)18-16(17-8-12-3-4-12)20-15(10)19-14-6-5-13(7-14)9-21/h12-14,21H,3-9H2,1-2H3,(H2,17,18,19,20). The van der Waals surface area contributed by atoms with E-state index in [0.29, 0.717) is 18.6 Å². The van der Waals surface area contributed by atoms with Crippen molar-refractivity contribution in [3.63, 3.8) is 0 Å². The number of aryl methyl sites for hydroxylation is 1. The Morgan fingerprint density at radius 2 is 1.86 bits per heavy atom. The predicted molar refractivity (Wildman–Crippen MR) is 84.6 cm³/mol. The van der Waals surface area contributed by atoms with Gasteiger partial charge in [-0.25, -0.2) is 4.98 Å². The van der Waals surface area contributed by atoms with Crippen LogP contribution in [0, 0.1) is 25.7 Å². The normalized spacial score (nSPS) is 25.1. The SMILES string of the molecule is Cc1nc(NCC2CC2)nc(NC2CCC(CO)C2)c1C. The molecule has 1 aromatic heterocycles. The zero-order valence-corrected chi connectivity index (χ0v) is 13.0. The van der Waals surface area contributed by atoms with Crippen LogP contribution in [0.2, 0.25) is 0 Å². The van der Waals surface area contributed by atoms with Crippen LogP contribution in [0.4, 0.5) is 11.8 Å². The molecule has 0 radical (unpaired) electrons. The van der Waals surface area contributed by atoms with Gasteiger partial charge in [0, 0.05) is 30.5 Å². The topological polar surface area (TPSA) is 70.1 Å². The summed E-state index contributed by atoms with van der Waals surface area (Å²) >= 11 is 0. The molecule has 2 atom stereocenters. The average molecular weight is 290 g/mol. The number of aromatic nitrogens is 2. The summed E-state index contributed by atoms with van der Waals surface area (Å²) in [6.07, 6.45) is 5.90. The van der Waals surface area contributed by atoms with Gasteiger partial charge in [-0.05, 0) is 57.8 Å². The Labute approximate surface area is 126 Å². The summed E-state index contributed by atoms with van der Waals surface area (Å²) in [4.78, 5) is 9.19. The van der Waals surface area contributed by atoms with Gasteiger partial charge in [0.15, 0.2) is 0 Å². The Kier molecular flexibility index (Phi) is 4.29. The van der Waals surface area contributed by atoms with Crippen LogP contribution >= 0.6 is 0 Å². The van der Waals surface area contributed by atoms with E-state index in [1.807, 2.05) is 6.92 Å². The summed E-state index contributed by atoms with van der Waals surface area (Å²) < 4.78 is 0. The predicted octanol–water partition coefficient (Wildman–Crippen LogP) is 2.49. The Morgan fingerprint density at radius 3 is 2.52 bits per heavy atom. The monoisotopic (exact) mass is 290 g/mol. The molecule has 0 aliphatic heterocycles. The van der Waals surface area contributed by atoms with E-state index in [-0.39, 0.29) is 0 Å². The van der Waals surface area contributed by atoms with E-state index >= 15 is 0 Å². The second-order valence-electron chi connectivity index (χ2n) is 6.63. The van der Waals surface area contributed by atoms with E-state index in [4.69, 9.17) is 0 Å². The minimum Gasteiger partial charge on any atom is -0.396 e. The van der Waals surface area contributed by atoms with E-state index in [2.05, 4.69) is 27.5 Å². The minimum absolute atomic E-state index is 0.300. The highest BCUT2D eigenvalue weighted by Crippen LogP contribution is 2.30. The molecule has 0 amide bonds. The Bertz CT molecular complexity index is 501. The fraction of sp³-hybridized carbons (Fsp3) is 0.750. The van der Waals surface area contributed by atoms with E-state index in [0.717, 1.165) is 54.7 Å². The first-order valence-corrected chi connectivity index (χ1v) is 8.12. The van der Waals surface area contributed by atoms with Gasteiger partial charge >= 0.3 is 0 Å². The van der Waals surface area contributed by atoms with Gasteiger partial charge in [0.2, 0.25) is 5.95 Å². The fourth-order valence-corrected chi connectivity index (χ4v) is 2.97. The van der Waals surface area contributed by atoms with E-state index in [1.54, 1.807) is 0 Å². The molecule has 2 saturated carbocycles. The lowest BCUT2D eigenvalue weighted by atomic mass is 10.1. The quantitative estimate of drug-likeness (QED) is 0.751. The van der Waals surface area contributed by atoms with Crippen LogP contribution in [-0.4, -0.2) is 34.3 Å². The van der Waals surface area contributed by atoms with E-state index in [1.165, 1.54) is 12.8 Å². The number of aliphatic hydroxyl groups is 1. The number of aliphatic hydroxyl groups excluding tert-OH is 1. The lowest BCUT2D eigenvalue weighted by molar-refractivity contribution is 0.229. The summed E-state index contributed by atoms with van der Waals surface area (Å²) in [7, 11) is 0. The van der Waals surface area contributed by atoms with Crippen LogP contribution in [0.25, 0.3) is 0 Å². The van der Waals surface area contributed by atoms with Gasteiger partial charge in [0.05, 0.1) is 0 Å². The number of nitrogens with zero attached hydrogens (tertiary/aromatic N) is 2. The first-order chi connectivity index (χ1) is 10.2. The molecular formula is C16H26N4O. The summed E-state index contributed by atoms with van der Waals surface area (Å²) in [6.45, 7) is 5.39.